The summed E-state index contributed by atoms with van der Waals surface area (Å²) in [7, 11) is 0. The molecule has 3 aromatic heterocycles. The summed E-state index contributed by atoms with van der Waals surface area (Å²) in [6.45, 7) is 0. The Balaban J connectivity index is 1.60. The van der Waals surface area contributed by atoms with Crippen LogP contribution in [-0.2, 0) is 0 Å². The smallest absolute Gasteiger partial charge is 0.145 e. The number of anilines is 1. The number of rotatable bonds is 3. The highest BCUT2D eigenvalue weighted by atomic mass is 127. The monoisotopic (exact) mass is 426 g/mol. The number of hydrogen-bond acceptors (Lipinski definition) is 4. The number of nitrogens with two attached hydrogens (primary N) is 1. The second-order valence-corrected chi connectivity index (χ2v) is 7.76. The van der Waals surface area contributed by atoms with Crippen LogP contribution in [0.2, 0.25) is 0 Å². The molecule has 8 heteroatoms. The Morgan fingerprint density at radius 1 is 1.32 bits per heavy atom. The van der Waals surface area contributed by atoms with Gasteiger partial charge in [-0.2, -0.15) is 5.10 Å². The fourth-order valence-corrected chi connectivity index (χ4v) is 4.48. The second kappa shape index (κ2) is 5.77. The number of nitrogens with zero attached hydrogens (tertiary/aromatic N) is 5. The average molecular weight is 426 g/mol. The summed E-state index contributed by atoms with van der Waals surface area (Å²) in [6, 6.07) is 2.50. The summed E-state index contributed by atoms with van der Waals surface area (Å²) in [5.74, 6) is 1.14. The van der Waals surface area contributed by atoms with E-state index in [0.29, 0.717) is 24.2 Å². The molecule has 6 nitrogen and oxygen atoms in total. The molecule has 1 fully saturated rings. The minimum atomic E-state index is 0.474. The van der Waals surface area contributed by atoms with Crippen molar-refractivity contribution >= 4 is 45.3 Å². The third-order valence-corrected chi connectivity index (χ3v) is 6.40. The second-order valence-electron chi connectivity index (χ2n) is 5.69. The van der Waals surface area contributed by atoms with Gasteiger partial charge in [-0.15, -0.1) is 0 Å². The molecule has 0 spiro atoms. The molecule has 1 aliphatic rings. The SMILES string of the molecule is Nc1ncnc2c1ccn2C1CCC(c2cnn(PI)c2)C1. The van der Waals surface area contributed by atoms with Crippen LogP contribution in [0.3, 0.4) is 0 Å². The highest BCUT2D eigenvalue weighted by Crippen LogP contribution is 2.42. The number of nitrogen functional groups attached to an aromatic ring is 1. The summed E-state index contributed by atoms with van der Waals surface area (Å²) in [5, 5.41) is 5.36. The normalized spacial score (nSPS) is 22.2. The first kappa shape index (κ1) is 14.4. The van der Waals surface area contributed by atoms with E-state index in [0.717, 1.165) is 23.9 Å². The Bertz CT molecular complexity index is 813. The van der Waals surface area contributed by atoms with Crippen LogP contribution in [0.15, 0.2) is 31.0 Å². The molecule has 3 atom stereocenters. The number of hydrogen-bond donors (Lipinski definition) is 1. The first-order valence-corrected chi connectivity index (χ1v) is 11.3. The van der Waals surface area contributed by atoms with Gasteiger partial charge in [0.1, 0.15) is 17.8 Å². The van der Waals surface area contributed by atoms with Gasteiger partial charge < -0.3 is 10.3 Å². The Morgan fingerprint density at radius 2 is 2.23 bits per heavy atom. The van der Waals surface area contributed by atoms with Crippen molar-refractivity contribution in [3.05, 3.63) is 36.5 Å². The summed E-state index contributed by atoms with van der Waals surface area (Å²) >= 11 is 2.35. The molecule has 1 saturated carbocycles. The molecule has 0 radical (unpaired) electrons. The molecule has 0 aromatic carbocycles. The van der Waals surface area contributed by atoms with Crippen molar-refractivity contribution in [3.8, 4) is 0 Å². The largest absolute Gasteiger partial charge is 0.383 e. The first-order valence-electron chi connectivity index (χ1n) is 7.24. The van der Waals surface area contributed by atoms with Gasteiger partial charge in [-0.05, 0) is 58.9 Å². The van der Waals surface area contributed by atoms with Gasteiger partial charge in [-0.25, -0.2) is 14.4 Å². The zero-order valence-electron chi connectivity index (χ0n) is 11.9. The lowest BCUT2D eigenvalue weighted by atomic mass is 10.0. The van der Waals surface area contributed by atoms with E-state index >= 15 is 0 Å². The summed E-state index contributed by atoms with van der Waals surface area (Å²) < 4.78 is 4.28. The van der Waals surface area contributed by atoms with E-state index < -0.39 is 0 Å². The molecule has 3 unspecified atom stereocenters. The fourth-order valence-electron chi connectivity index (χ4n) is 3.39. The molecule has 3 heterocycles. The third-order valence-electron chi connectivity index (χ3n) is 4.50. The molecule has 1 aliphatic carbocycles. The van der Waals surface area contributed by atoms with Gasteiger partial charge in [0.25, 0.3) is 0 Å². The number of fused-ring (bicyclic) bond motifs is 1. The number of halogens is 1. The van der Waals surface area contributed by atoms with Crippen molar-refractivity contribution < 1.29 is 0 Å². The van der Waals surface area contributed by atoms with Crippen LogP contribution >= 0.6 is 28.4 Å². The fraction of sp³-hybridized carbons (Fsp3) is 0.357. The minimum Gasteiger partial charge on any atom is -0.383 e. The van der Waals surface area contributed by atoms with Gasteiger partial charge in [0.05, 0.1) is 18.0 Å². The van der Waals surface area contributed by atoms with Gasteiger partial charge in [-0.1, -0.05) is 0 Å². The van der Waals surface area contributed by atoms with Crippen molar-refractivity contribution in [1.82, 2.24) is 24.1 Å². The van der Waals surface area contributed by atoms with E-state index in [2.05, 4.69) is 54.1 Å². The highest BCUT2D eigenvalue weighted by Gasteiger charge is 2.29. The number of aromatic nitrogens is 5. The van der Waals surface area contributed by atoms with E-state index in [1.165, 1.54) is 12.0 Å². The van der Waals surface area contributed by atoms with E-state index in [9.17, 15) is 0 Å². The molecule has 0 saturated heterocycles. The Kier molecular flexibility index (Phi) is 3.78. The van der Waals surface area contributed by atoms with E-state index in [4.69, 9.17) is 5.73 Å². The molecule has 0 aliphatic heterocycles. The molecule has 2 N–H and O–H groups in total. The van der Waals surface area contributed by atoms with Crippen molar-refractivity contribution in [2.24, 2.45) is 0 Å². The van der Waals surface area contributed by atoms with Gasteiger partial charge in [0, 0.05) is 18.4 Å². The minimum absolute atomic E-state index is 0.474. The van der Waals surface area contributed by atoms with Crippen LogP contribution in [0.5, 0.6) is 0 Å². The topological polar surface area (TPSA) is 74.6 Å². The first-order chi connectivity index (χ1) is 10.8. The van der Waals surface area contributed by atoms with Crippen LogP contribution in [0.4, 0.5) is 5.82 Å². The molecular weight excluding hydrogens is 410 g/mol. The lowest BCUT2D eigenvalue weighted by molar-refractivity contribution is 0.523. The maximum atomic E-state index is 5.93. The molecule has 3 aromatic rings. The molecular formula is C14H16IN6P. The molecule has 114 valence electrons. The van der Waals surface area contributed by atoms with E-state index in [1.54, 1.807) is 6.33 Å². The summed E-state index contributed by atoms with van der Waals surface area (Å²) in [6.07, 6.45) is 12.0. The van der Waals surface area contributed by atoms with Crippen LogP contribution in [-0.4, -0.2) is 24.1 Å². The van der Waals surface area contributed by atoms with Crippen LogP contribution in [0.1, 0.15) is 36.8 Å². The average Bonchev–Trinajstić information content (AvgIpc) is 3.25. The van der Waals surface area contributed by atoms with Crippen LogP contribution < -0.4 is 5.73 Å². The maximum Gasteiger partial charge on any atom is 0.145 e. The van der Waals surface area contributed by atoms with Gasteiger partial charge in [-0.3, -0.25) is 0 Å². The van der Waals surface area contributed by atoms with Gasteiger partial charge in [0.2, 0.25) is 0 Å². The van der Waals surface area contributed by atoms with Crippen molar-refractivity contribution in [3.63, 3.8) is 0 Å². The predicted molar refractivity (Wildman–Crippen MR) is 97.5 cm³/mol. The molecule has 4 rings (SSSR count). The molecule has 0 amide bonds. The lowest BCUT2D eigenvalue weighted by Crippen LogP contribution is -2.05. The highest BCUT2D eigenvalue weighted by molar-refractivity contribution is 14.2. The van der Waals surface area contributed by atoms with E-state index in [1.807, 2.05) is 16.7 Å². The zero-order chi connectivity index (χ0) is 15.1. The Hall–Kier alpha value is -1.21. The van der Waals surface area contributed by atoms with Gasteiger partial charge >= 0.3 is 0 Å². The van der Waals surface area contributed by atoms with Crippen molar-refractivity contribution in [1.29, 1.82) is 0 Å². The zero-order valence-corrected chi connectivity index (χ0v) is 15.0. The maximum absolute atomic E-state index is 5.93. The predicted octanol–water partition coefficient (Wildman–Crippen LogP) is 3.51. The third kappa shape index (κ3) is 2.40. The molecule has 0 bridgehead atoms. The van der Waals surface area contributed by atoms with Crippen molar-refractivity contribution in [2.75, 3.05) is 5.73 Å². The lowest BCUT2D eigenvalue weighted by Gasteiger charge is -2.13. The Morgan fingerprint density at radius 3 is 3.05 bits per heavy atom. The quantitative estimate of drug-likeness (QED) is 0.514. The molecule has 22 heavy (non-hydrogen) atoms. The summed E-state index contributed by atoms with van der Waals surface area (Å²) in [5.41, 5.74) is 8.23. The standard InChI is InChI=1S/C14H16IN6P/c15-22-21-7-10(6-19-21)9-1-2-11(5-9)20-4-3-12-13(16)17-8-18-14(12)20/h3-4,6-9,11,22H,1-2,5H2,(H2,16,17,18). The van der Waals surface area contributed by atoms with E-state index in [-0.39, 0.29) is 0 Å². The van der Waals surface area contributed by atoms with Crippen LogP contribution in [0, 0.1) is 0 Å². The summed E-state index contributed by atoms with van der Waals surface area (Å²) in [4.78, 5) is 8.48. The Labute approximate surface area is 142 Å². The van der Waals surface area contributed by atoms with Gasteiger partial charge in [0.15, 0.2) is 0 Å². The van der Waals surface area contributed by atoms with Crippen LogP contribution in [0.25, 0.3) is 11.0 Å². The van der Waals surface area contributed by atoms with Crippen molar-refractivity contribution in [2.45, 2.75) is 31.2 Å².